The van der Waals surface area contributed by atoms with Gasteiger partial charge in [-0.3, -0.25) is 9.80 Å². The summed E-state index contributed by atoms with van der Waals surface area (Å²) >= 11 is 0. The number of aliphatic hydroxyl groups is 1. The first-order valence-electron chi connectivity index (χ1n) is 8.12. The molecular formula is C17H29N3O. The Bertz CT molecular complexity index is 399. The maximum atomic E-state index is 9.07. The Morgan fingerprint density at radius 1 is 1.10 bits per heavy atom. The third kappa shape index (κ3) is 4.78. The van der Waals surface area contributed by atoms with Crippen LogP contribution in [0.15, 0.2) is 24.3 Å². The average molecular weight is 291 g/mol. The summed E-state index contributed by atoms with van der Waals surface area (Å²) < 4.78 is 0. The second-order valence-electron chi connectivity index (χ2n) is 5.93. The van der Waals surface area contributed by atoms with Crippen molar-refractivity contribution >= 4 is 0 Å². The van der Waals surface area contributed by atoms with Crippen LogP contribution in [-0.2, 0) is 13.2 Å². The van der Waals surface area contributed by atoms with Gasteiger partial charge in [0.25, 0.3) is 0 Å². The molecule has 1 unspecified atom stereocenters. The van der Waals surface area contributed by atoms with Crippen LogP contribution in [0.5, 0.6) is 0 Å². The molecule has 1 aromatic rings. The molecule has 0 aromatic heterocycles. The van der Waals surface area contributed by atoms with Gasteiger partial charge in [-0.2, -0.15) is 0 Å². The Morgan fingerprint density at radius 2 is 1.71 bits per heavy atom. The molecule has 0 bridgehead atoms. The molecule has 4 heteroatoms. The van der Waals surface area contributed by atoms with Crippen molar-refractivity contribution in [2.75, 3.05) is 32.7 Å². The second kappa shape index (κ2) is 8.49. The fraction of sp³-hybridized carbons (Fsp3) is 0.647. The number of hydrogen-bond donors (Lipinski definition) is 2. The molecule has 21 heavy (non-hydrogen) atoms. The summed E-state index contributed by atoms with van der Waals surface area (Å²) in [6.45, 7) is 8.73. The average Bonchev–Trinajstić information content (AvgIpc) is 2.54. The molecule has 3 N–H and O–H groups in total. The van der Waals surface area contributed by atoms with E-state index in [1.54, 1.807) is 0 Å². The minimum absolute atomic E-state index is 0.124. The van der Waals surface area contributed by atoms with Gasteiger partial charge in [0, 0.05) is 38.8 Å². The molecule has 2 rings (SSSR count). The molecule has 1 fully saturated rings. The van der Waals surface area contributed by atoms with Crippen LogP contribution in [0.2, 0.25) is 0 Å². The summed E-state index contributed by atoms with van der Waals surface area (Å²) in [5.41, 5.74) is 8.02. The molecule has 1 aliphatic rings. The number of rotatable bonds is 7. The van der Waals surface area contributed by atoms with E-state index in [4.69, 9.17) is 10.8 Å². The summed E-state index contributed by atoms with van der Waals surface area (Å²) in [6.07, 6.45) is 2.30. The van der Waals surface area contributed by atoms with E-state index in [1.165, 1.54) is 12.0 Å². The van der Waals surface area contributed by atoms with Gasteiger partial charge in [-0.15, -0.1) is 0 Å². The normalized spacial score (nSPS) is 18.8. The first kappa shape index (κ1) is 16.4. The van der Waals surface area contributed by atoms with Crippen molar-refractivity contribution in [3.8, 4) is 0 Å². The summed E-state index contributed by atoms with van der Waals surface area (Å²) in [7, 11) is 0. The van der Waals surface area contributed by atoms with Gasteiger partial charge in [0.15, 0.2) is 0 Å². The molecule has 0 saturated carbocycles. The lowest BCUT2D eigenvalue weighted by molar-refractivity contribution is 0.0871. The van der Waals surface area contributed by atoms with Crippen molar-refractivity contribution in [3.05, 3.63) is 35.4 Å². The molecule has 1 heterocycles. The number of aliphatic hydroxyl groups excluding tert-OH is 1. The first-order valence-corrected chi connectivity index (χ1v) is 8.12. The fourth-order valence-electron chi connectivity index (χ4n) is 3.13. The number of piperazine rings is 1. The Balaban J connectivity index is 1.80. The molecule has 0 radical (unpaired) electrons. The van der Waals surface area contributed by atoms with Crippen LogP contribution in [0.25, 0.3) is 0 Å². The molecule has 4 nitrogen and oxygen atoms in total. The third-order valence-corrected chi connectivity index (χ3v) is 4.51. The molecule has 1 atom stereocenters. The zero-order valence-corrected chi connectivity index (χ0v) is 13.2. The van der Waals surface area contributed by atoms with Gasteiger partial charge in [0.05, 0.1) is 6.61 Å². The topological polar surface area (TPSA) is 52.7 Å². The van der Waals surface area contributed by atoms with Crippen LogP contribution in [0, 0.1) is 0 Å². The number of nitrogens with two attached hydrogens (primary N) is 1. The Labute approximate surface area is 128 Å². The SMILES string of the molecule is CCC(CCN)N1CCN(Cc2ccc(CO)cc2)CC1. The van der Waals surface area contributed by atoms with E-state index in [0.29, 0.717) is 6.04 Å². The van der Waals surface area contributed by atoms with E-state index in [-0.39, 0.29) is 6.61 Å². The molecule has 0 amide bonds. The van der Waals surface area contributed by atoms with Crippen LogP contribution in [0.3, 0.4) is 0 Å². The van der Waals surface area contributed by atoms with Gasteiger partial charge in [-0.05, 0) is 30.5 Å². The fourth-order valence-corrected chi connectivity index (χ4v) is 3.13. The number of nitrogens with zero attached hydrogens (tertiary/aromatic N) is 2. The van der Waals surface area contributed by atoms with Gasteiger partial charge in [0.2, 0.25) is 0 Å². The van der Waals surface area contributed by atoms with E-state index in [1.807, 2.05) is 12.1 Å². The van der Waals surface area contributed by atoms with Crippen molar-refractivity contribution in [1.82, 2.24) is 9.80 Å². The van der Waals surface area contributed by atoms with Crippen molar-refractivity contribution < 1.29 is 5.11 Å². The van der Waals surface area contributed by atoms with Crippen molar-refractivity contribution in [2.24, 2.45) is 5.73 Å². The lowest BCUT2D eigenvalue weighted by atomic mass is 10.1. The highest BCUT2D eigenvalue weighted by Gasteiger charge is 2.22. The highest BCUT2D eigenvalue weighted by Crippen LogP contribution is 2.14. The number of hydrogen-bond acceptors (Lipinski definition) is 4. The minimum Gasteiger partial charge on any atom is -0.392 e. The van der Waals surface area contributed by atoms with Crippen LogP contribution in [0.1, 0.15) is 30.9 Å². The highest BCUT2D eigenvalue weighted by molar-refractivity contribution is 5.21. The zero-order valence-electron chi connectivity index (χ0n) is 13.2. The number of benzene rings is 1. The monoisotopic (exact) mass is 291 g/mol. The maximum Gasteiger partial charge on any atom is 0.0681 e. The van der Waals surface area contributed by atoms with Gasteiger partial charge in [0.1, 0.15) is 0 Å². The van der Waals surface area contributed by atoms with Crippen LogP contribution < -0.4 is 5.73 Å². The Hall–Kier alpha value is -0.940. The minimum atomic E-state index is 0.124. The van der Waals surface area contributed by atoms with E-state index in [0.717, 1.165) is 51.3 Å². The van der Waals surface area contributed by atoms with Gasteiger partial charge in [-0.25, -0.2) is 0 Å². The van der Waals surface area contributed by atoms with Crippen molar-refractivity contribution in [1.29, 1.82) is 0 Å². The van der Waals surface area contributed by atoms with Gasteiger partial charge >= 0.3 is 0 Å². The summed E-state index contributed by atoms with van der Waals surface area (Å²) in [4.78, 5) is 5.11. The lowest BCUT2D eigenvalue weighted by Gasteiger charge is -2.39. The predicted octanol–water partition coefficient (Wildman–Crippen LogP) is 1.42. The molecule has 118 valence electrons. The summed E-state index contributed by atoms with van der Waals surface area (Å²) in [5, 5.41) is 9.07. The molecule has 1 saturated heterocycles. The van der Waals surface area contributed by atoms with E-state index >= 15 is 0 Å². The summed E-state index contributed by atoms with van der Waals surface area (Å²) in [5.74, 6) is 0. The first-order chi connectivity index (χ1) is 10.3. The van der Waals surface area contributed by atoms with Crippen LogP contribution in [-0.4, -0.2) is 53.7 Å². The quantitative estimate of drug-likeness (QED) is 0.798. The van der Waals surface area contributed by atoms with Gasteiger partial charge < -0.3 is 10.8 Å². The van der Waals surface area contributed by atoms with Crippen LogP contribution in [0.4, 0.5) is 0 Å². The largest absolute Gasteiger partial charge is 0.392 e. The van der Waals surface area contributed by atoms with Crippen molar-refractivity contribution in [3.63, 3.8) is 0 Å². The lowest BCUT2D eigenvalue weighted by Crippen LogP contribution is -2.50. The molecule has 0 spiro atoms. The highest BCUT2D eigenvalue weighted by atomic mass is 16.3. The third-order valence-electron chi connectivity index (χ3n) is 4.51. The standard InChI is InChI=1S/C17H29N3O/c1-2-17(7-8-18)20-11-9-19(10-12-20)13-15-3-5-16(14-21)6-4-15/h3-6,17,21H,2,7-14,18H2,1H3. The zero-order chi connectivity index (χ0) is 15.1. The smallest absolute Gasteiger partial charge is 0.0681 e. The van der Waals surface area contributed by atoms with Crippen LogP contribution >= 0.6 is 0 Å². The Kier molecular flexibility index (Phi) is 6.64. The maximum absolute atomic E-state index is 9.07. The molecule has 1 aliphatic heterocycles. The van der Waals surface area contributed by atoms with E-state index < -0.39 is 0 Å². The summed E-state index contributed by atoms with van der Waals surface area (Å²) in [6, 6.07) is 8.93. The second-order valence-corrected chi connectivity index (χ2v) is 5.93. The van der Waals surface area contributed by atoms with Gasteiger partial charge in [-0.1, -0.05) is 31.2 Å². The van der Waals surface area contributed by atoms with E-state index in [2.05, 4.69) is 28.9 Å². The molecular weight excluding hydrogens is 262 g/mol. The van der Waals surface area contributed by atoms with E-state index in [9.17, 15) is 0 Å². The molecule has 1 aromatic carbocycles. The molecule has 0 aliphatic carbocycles. The Morgan fingerprint density at radius 3 is 2.24 bits per heavy atom. The van der Waals surface area contributed by atoms with Crippen molar-refractivity contribution in [2.45, 2.75) is 39.0 Å². The predicted molar refractivity (Wildman–Crippen MR) is 87.0 cm³/mol.